The summed E-state index contributed by atoms with van der Waals surface area (Å²) in [7, 11) is -8.14. The van der Waals surface area contributed by atoms with Gasteiger partial charge in [0, 0.05) is 46.7 Å². The van der Waals surface area contributed by atoms with Crippen LogP contribution < -0.4 is 39.4 Å². The average Bonchev–Trinajstić information content (AvgIpc) is 3.60. The van der Waals surface area contributed by atoms with Crippen LogP contribution in [-0.2, 0) is 35.9 Å². The van der Waals surface area contributed by atoms with Gasteiger partial charge in [0.1, 0.15) is 0 Å². The van der Waals surface area contributed by atoms with E-state index in [0.29, 0.717) is 38.8 Å². The van der Waals surface area contributed by atoms with Gasteiger partial charge in [0.25, 0.3) is 20.2 Å². The number of allylic oxidation sites excluding steroid dienone is 14. The van der Waals surface area contributed by atoms with Gasteiger partial charge in [-0.3, -0.25) is 13.9 Å². The zero-order chi connectivity index (χ0) is 44.7. The number of hydrogen-bond donors (Lipinski definition) is 2. The number of fused-ring (bicyclic) bond motifs is 6. The van der Waals surface area contributed by atoms with E-state index in [1.807, 2.05) is 24.3 Å². The van der Waals surface area contributed by atoms with Crippen LogP contribution in [0, 0.1) is 0 Å². The van der Waals surface area contributed by atoms with E-state index in [1.54, 1.807) is 12.2 Å². The summed E-state index contributed by atoms with van der Waals surface area (Å²) >= 11 is 0. The average molecular weight is 908 g/mol. The van der Waals surface area contributed by atoms with Gasteiger partial charge >= 0.3 is 29.6 Å². The Morgan fingerprint density at radius 3 is 1.42 bits per heavy atom. The van der Waals surface area contributed by atoms with Gasteiger partial charge in [-0.25, -0.2) is 0 Å². The van der Waals surface area contributed by atoms with Crippen LogP contribution in [0.3, 0.4) is 0 Å². The van der Waals surface area contributed by atoms with Gasteiger partial charge in [-0.2, -0.15) is 16.8 Å². The van der Waals surface area contributed by atoms with E-state index in [4.69, 9.17) is 0 Å². The van der Waals surface area contributed by atoms with Crippen molar-refractivity contribution >= 4 is 58.9 Å². The molecule has 0 aromatic heterocycles. The molecule has 12 heteroatoms. The number of carbonyl (C=O) groups excluding carboxylic acids is 1. The minimum atomic E-state index is -4.07. The number of rotatable bonds is 12. The van der Waals surface area contributed by atoms with Crippen molar-refractivity contribution in [2.75, 3.05) is 34.4 Å². The standard InChI is InChI=1S/C52H56N2O7S2.Na/c1-51(2)46(53(32-9-11-34-62(56,57)58)44-28-22-36-14-5-7-18-42(36)49(44)51)30-24-38-16-13-17-39(48(38)40-20-26-41(55)27-21-40)25-31-47-52(3,4)50-43-19-8-6-15-37(43)23-29-45(50)54(47)33-10-12-35-63(59,60)61;/h5-8,14-15,18-31H,9-13,16-17,32-35H2,1-4H3,(H,56,57,58)(H,59,60,61);/q;+1/b38-24-,39-25?,46-30-,47-31?;. The third-order valence-electron chi connectivity index (χ3n) is 13.1. The smallest absolute Gasteiger partial charge is 0.344 e. The topological polar surface area (TPSA) is 132 Å². The number of unbranched alkanes of at least 4 members (excludes halogenated alkanes) is 2. The Morgan fingerprint density at radius 2 is 1.00 bits per heavy atom. The SMILES string of the molecule is CC1(C)C(=CC=C2CCC/C(=C/C=C3\N(CCCCS(=O)(=O)O)c4ccc5ccccc5c4C3(C)C)C2=C2C=CC(=O)C=C2)N(CCCCS(=O)(=O)O)c2ccc3ccccc3c21.[Na+]. The first-order valence-corrected chi connectivity index (χ1v) is 25.1. The molecule has 328 valence electrons. The Balaban J connectivity index is 0.00000612. The molecule has 4 aromatic carbocycles. The predicted molar refractivity (Wildman–Crippen MR) is 256 cm³/mol. The van der Waals surface area contributed by atoms with Crippen molar-refractivity contribution < 1.29 is 60.3 Å². The zero-order valence-corrected chi connectivity index (χ0v) is 41.1. The number of nitrogens with zero attached hydrogens (tertiary/aromatic N) is 2. The molecule has 0 amide bonds. The largest absolute Gasteiger partial charge is 1.00 e. The molecule has 2 N–H and O–H groups in total. The van der Waals surface area contributed by atoms with Crippen molar-refractivity contribution in [2.45, 2.75) is 83.5 Å². The summed E-state index contributed by atoms with van der Waals surface area (Å²) in [5.74, 6) is -0.620. The molecule has 2 aliphatic carbocycles. The Bertz CT molecular complexity index is 2780. The van der Waals surface area contributed by atoms with Gasteiger partial charge in [-0.05, 0) is 136 Å². The van der Waals surface area contributed by atoms with E-state index < -0.39 is 31.1 Å². The minimum Gasteiger partial charge on any atom is -0.344 e. The van der Waals surface area contributed by atoms with Crippen molar-refractivity contribution in [1.82, 2.24) is 0 Å². The predicted octanol–water partition coefficient (Wildman–Crippen LogP) is 8.02. The molecular formula is C52H56N2NaO7S2+. The molecule has 8 rings (SSSR count). The molecule has 0 atom stereocenters. The van der Waals surface area contributed by atoms with Crippen molar-refractivity contribution in [3.05, 3.63) is 166 Å². The zero-order valence-electron chi connectivity index (χ0n) is 37.5. The molecule has 4 aromatic rings. The normalized spacial score (nSPS) is 20.6. The molecule has 1 fully saturated rings. The molecule has 9 nitrogen and oxygen atoms in total. The first-order valence-electron chi connectivity index (χ1n) is 21.9. The maximum atomic E-state index is 12.4. The van der Waals surface area contributed by atoms with Crippen molar-refractivity contribution in [3.8, 4) is 0 Å². The van der Waals surface area contributed by atoms with Crippen LogP contribution in [0.1, 0.15) is 83.8 Å². The number of hydrogen-bond acceptors (Lipinski definition) is 7. The van der Waals surface area contributed by atoms with Gasteiger partial charge in [0.05, 0.1) is 11.5 Å². The van der Waals surface area contributed by atoms with Crippen molar-refractivity contribution in [2.24, 2.45) is 0 Å². The van der Waals surface area contributed by atoms with Crippen LogP contribution in [0.4, 0.5) is 11.4 Å². The molecule has 4 aliphatic rings. The van der Waals surface area contributed by atoms with E-state index in [1.165, 1.54) is 21.9 Å². The summed E-state index contributed by atoms with van der Waals surface area (Å²) in [6.07, 6.45) is 20.4. The molecule has 2 heterocycles. The number of carbonyl (C=O) groups is 1. The molecule has 0 spiro atoms. The van der Waals surface area contributed by atoms with E-state index in [0.717, 1.165) is 75.1 Å². The van der Waals surface area contributed by atoms with Gasteiger partial charge < -0.3 is 9.80 Å². The minimum absolute atomic E-state index is 0. The second-order valence-corrected chi connectivity index (χ2v) is 21.3. The van der Waals surface area contributed by atoms with Crippen molar-refractivity contribution in [3.63, 3.8) is 0 Å². The molecule has 0 saturated heterocycles. The second kappa shape index (κ2) is 18.9. The Kier molecular flexibility index (Phi) is 14.0. The first-order chi connectivity index (χ1) is 29.9. The summed E-state index contributed by atoms with van der Waals surface area (Å²) in [5.41, 5.74) is 10.4. The van der Waals surface area contributed by atoms with Crippen molar-refractivity contribution in [1.29, 1.82) is 0 Å². The van der Waals surface area contributed by atoms with Gasteiger partial charge in [0.2, 0.25) is 0 Å². The summed E-state index contributed by atoms with van der Waals surface area (Å²) in [5, 5.41) is 4.67. The van der Waals surface area contributed by atoms with Crippen LogP contribution in [0.2, 0.25) is 0 Å². The van der Waals surface area contributed by atoms with Crippen LogP contribution in [0.25, 0.3) is 21.5 Å². The van der Waals surface area contributed by atoms with Gasteiger partial charge in [-0.1, -0.05) is 113 Å². The van der Waals surface area contributed by atoms with Crippen LogP contribution in [0.15, 0.2) is 155 Å². The third kappa shape index (κ3) is 9.77. The molecule has 64 heavy (non-hydrogen) atoms. The van der Waals surface area contributed by atoms with E-state index in [2.05, 4.69) is 122 Å². The molecule has 2 aliphatic heterocycles. The van der Waals surface area contributed by atoms with E-state index >= 15 is 0 Å². The third-order valence-corrected chi connectivity index (χ3v) is 14.7. The number of benzene rings is 4. The molecule has 0 bridgehead atoms. The summed E-state index contributed by atoms with van der Waals surface area (Å²) in [6, 6.07) is 25.4. The Hall–Kier alpha value is -4.33. The van der Waals surface area contributed by atoms with Gasteiger partial charge in [-0.15, -0.1) is 0 Å². The fraction of sp³-hybridized carbons (Fsp3) is 0.327. The summed E-state index contributed by atoms with van der Waals surface area (Å²) < 4.78 is 65.5. The number of anilines is 2. The molecule has 0 radical (unpaired) electrons. The fourth-order valence-electron chi connectivity index (χ4n) is 10.3. The fourth-order valence-corrected chi connectivity index (χ4v) is 11.4. The monoisotopic (exact) mass is 907 g/mol. The maximum absolute atomic E-state index is 12.4. The maximum Gasteiger partial charge on any atom is 1.00 e. The van der Waals surface area contributed by atoms with Gasteiger partial charge in [0.15, 0.2) is 5.78 Å². The second-order valence-electron chi connectivity index (χ2n) is 18.1. The first kappa shape index (κ1) is 47.6. The number of ketones is 1. The summed E-state index contributed by atoms with van der Waals surface area (Å²) in [4.78, 5) is 17.1. The quantitative estimate of drug-likeness (QED) is 0.0825. The molecule has 0 unspecified atom stereocenters. The van der Waals surface area contributed by atoms with E-state index in [-0.39, 0.29) is 46.8 Å². The molecular weight excluding hydrogens is 852 g/mol. The van der Waals surface area contributed by atoms with Crippen LogP contribution in [0.5, 0.6) is 0 Å². The Labute approximate surface area is 400 Å². The molecule has 1 saturated carbocycles. The van der Waals surface area contributed by atoms with E-state index in [9.17, 15) is 30.7 Å². The van der Waals surface area contributed by atoms with Crippen LogP contribution >= 0.6 is 0 Å². The van der Waals surface area contributed by atoms with Crippen LogP contribution in [-0.4, -0.2) is 56.3 Å². The Morgan fingerprint density at radius 1 is 0.578 bits per heavy atom. The summed E-state index contributed by atoms with van der Waals surface area (Å²) in [6.45, 7) is 10.1.